The minimum atomic E-state index is -4.33. The maximum Gasteiger partial charge on any atom is 0.273 e. The fraction of sp³-hybridized carbons (Fsp3) is 0.296. The first kappa shape index (κ1) is 27.9. The van der Waals surface area contributed by atoms with Crippen LogP contribution in [0.15, 0.2) is 71.6 Å². The number of carbonyl (C=O) groups excluding carboxylic acids is 1. The van der Waals surface area contributed by atoms with Gasteiger partial charge in [0, 0.05) is 37.0 Å². The molecule has 0 aliphatic carbocycles. The van der Waals surface area contributed by atoms with Crippen molar-refractivity contribution in [2.24, 2.45) is 0 Å². The van der Waals surface area contributed by atoms with E-state index in [1.54, 1.807) is 12.1 Å². The second-order valence-corrected chi connectivity index (χ2v) is 10.8. The van der Waals surface area contributed by atoms with Gasteiger partial charge in [-0.2, -0.15) is 0 Å². The van der Waals surface area contributed by atoms with Crippen LogP contribution >= 0.6 is 0 Å². The molecule has 1 fully saturated rings. The summed E-state index contributed by atoms with van der Waals surface area (Å²) in [5.74, 6) is -0.0275. The highest BCUT2D eigenvalue weighted by Gasteiger charge is 2.29. The fourth-order valence-electron chi connectivity index (χ4n) is 4.17. The number of nitrogens with zero attached hydrogens (tertiary/aromatic N) is 3. The Morgan fingerprint density at radius 2 is 1.74 bits per heavy atom. The van der Waals surface area contributed by atoms with Crippen LogP contribution in [0, 0.1) is 17.0 Å². The first-order chi connectivity index (χ1) is 18.7. The van der Waals surface area contributed by atoms with Gasteiger partial charge in [-0.3, -0.25) is 19.2 Å². The molecule has 1 saturated heterocycles. The topological polar surface area (TPSA) is 131 Å². The molecule has 0 spiro atoms. The van der Waals surface area contributed by atoms with Crippen LogP contribution in [-0.2, 0) is 26.1 Å². The molecule has 0 aromatic heterocycles. The Bertz CT molecular complexity index is 1420. The van der Waals surface area contributed by atoms with E-state index in [0.29, 0.717) is 24.5 Å². The Labute approximate surface area is 227 Å². The van der Waals surface area contributed by atoms with Gasteiger partial charge in [-0.25, -0.2) is 8.42 Å². The molecular formula is C27H30N4O7S. The average molecular weight is 555 g/mol. The summed E-state index contributed by atoms with van der Waals surface area (Å²) in [5, 5.41) is 14.2. The molecule has 1 heterocycles. The van der Waals surface area contributed by atoms with Crippen LogP contribution in [0.4, 0.5) is 17.1 Å². The van der Waals surface area contributed by atoms with Crippen molar-refractivity contribution in [2.45, 2.75) is 18.4 Å². The Kier molecular flexibility index (Phi) is 8.67. The number of nitro benzene ring substituents is 1. The van der Waals surface area contributed by atoms with Crippen molar-refractivity contribution in [3.8, 4) is 5.75 Å². The molecule has 3 aromatic carbocycles. The number of sulfonamides is 1. The Hall–Kier alpha value is -4.16. The van der Waals surface area contributed by atoms with Crippen molar-refractivity contribution in [2.75, 3.05) is 49.2 Å². The second kappa shape index (κ2) is 12.1. The average Bonchev–Trinajstić information content (AvgIpc) is 2.95. The minimum Gasteiger partial charge on any atom is -0.497 e. The van der Waals surface area contributed by atoms with Crippen molar-refractivity contribution in [3.63, 3.8) is 0 Å². The lowest BCUT2D eigenvalue weighted by molar-refractivity contribution is -0.385. The van der Waals surface area contributed by atoms with Crippen LogP contribution < -0.4 is 19.3 Å². The number of aryl methyl sites for hydroxylation is 1. The van der Waals surface area contributed by atoms with Crippen molar-refractivity contribution < 1.29 is 27.6 Å². The lowest BCUT2D eigenvalue weighted by Crippen LogP contribution is -2.40. The molecule has 1 N–H and O–H groups in total. The van der Waals surface area contributed by atoms with Crippen molar-refractivity contribution in [1.82, 2.24) is 5.32 Å². The summed E-state index contributed by atoms with van der Waals surface area (Å²) in [6, 6.07) is 17.6. The highest BCUT2D eigenvalue weighted by molar-refractivity contribution is 7.92. The number of nitro groups is 1. The van der Waals surface area contributed by atoms with Gasteiger partial charge in [0.2, 0.25) is 5.91 Å². The van der Waals surface area contributed by atoms with Gasteiger partial charge < -0.3 is 19.7 Å². The summed E-state index contributed by atoms with van der Waals surface area (Å²) in [6.07, 6.45) is 0. The van der Waals surface area contributed by atoms with Gasteiger partial charge in [0.25, 0.3) is 15.7 Å². The van der Waals surface area contributed by atoms with Gasteiger partial charge >= 0.3 is 0 Å². The molecule has 11 nitrogen and oxygen atoms in total. The number of hydrogen-bond donors (Lipinski definition) is 1. The molecule has 1 aliphatic rings. The van der Waals surface area contributed by atoms with E-state index in [2.05, 4.69) is 10.2 Å². The quantitative estimate of drug-likeness (QED) is 0.298. The summed E-state index contributed by atoms with van der Waals surface area (Å²) >= 11 is 0. The number of ether oxygens (including phenoxy) is 2. The number of anilines is 2. The maximum absolute atomic E-state index is 13.6. The van der Waals surface area contributed by atoms with Gasteiger partial charge in [-0.05, 0) is 55.0 Å². The van der Waals surface area contributed by atoms with E-state index >= 15 is 0 Å². The highest BCUT2D eigenvalue weighted by atomic mass is 32.2. The smallest absolute Gasteiger partial charge is 0.273 e. The molecule has 1 amide bonds. The summed E-state index contributed by atoms with van der Waals surface area (Å²) in [4.78, 5) is 25.7. The number of morpholine rings is 1. The number of carbonyl (C=O) groups is 1. The molecule has 0 bridgehead atoms. The van der Waals surface area contributed by atoms with Crippen LogP contribution in [-0.4, -0.2) is 59.2 Å². The van der Waals surface area contributed by atoms with E-state index in [-0.39, 0.29) is 22.8 Å². The van der Waals surface area contributed by atoms with Crippen molar-refractivity contribution in [3.05, 3.63) is 88.0 Å². The van der Waals surface area contributed by atoms with Gasteiger partial charge in [0.1, 0.15) is 12.3 Å². The number of benzene rings is 3. The molecule has 0 unspecified atom stereocenters. The van der Waals surface area contributed by atoms with E-state index in [1.807, 2.05) is 24.3 Å². The fourth-order valence-corrected chi connectivity index (χ4v) is 5.61. The molecule has 3 aromatic rings. The number of amides is 1. The Morgan fingerprint density at radius 3 is 2.36 bits per heavy atom. The molecule has 1 aliphatic heterocycles. The summed E-state index contributed by atoms with van der Waals surface area (Å²) in [7, 11) is -2.85. The van der Waals surface area contributed by atoms with E-state index in [0.717, 1.165) is 34.7 Å². The third kappa shape index (κ3) is 6.65. The van der Waals surface area contributed by atoms with Crippen LogP contribution in [0.1, 0.15) is 11.1 Å². The zero-order chi connectivity index (χ0) is 28.0. The van der Waals surface area contributed by atoms with Crippen LogP contribution in [0.2, 0.25) is 0 Å². The van der Waals surface area contributed by atoms with Crippen LogP contribution in [0.25, 0.3) is 0 Å². The first-order valence-corrected chi connectivity index (χ1v) is 13.7. The number of rotatable bonds is 10. The van der Waals surface area contributed by atoms with Gasteiger partial charge in [-0.15, -0.1) is 0 Å². The third-order valence-corrected chi connectivity index (χ3v) is 8.19. The molecule has 206 valence electrons. The first-order valence-electron chi connectivity index (χ1n) is 12.3. The summed E-state index contributed by atoms with van der Waals surface area (Å²) in [5.41, 5.74) is 2.14. The molecule has 39 heavy (non-hydrogen) atoms. The molecule has 4 rings (SSSR count). The van der Waals surface area contributed by atoms with E-state index in [1.165, 1.54) is 38.3 Å². The number of nitrogens with one attached hydrogen (secondary N) is 1. The molecule has 0 radical (unpaired) electrons. The molecule has 12 heteroatoms. The van der Waals surface area contributed by atoms with Crippen molar-refractivity contribution in [1.29, 1.82) is 0 Å². The minimum absolute atomic E-state index is 0.203. The molecular weight excluding hydrogens is 524 g/mol. The van der Waals surface area contributed by atoms with Crippen LogP contribution in [0.3, 0.4) is 0 Å². The second-order valence-electron chi connectivity index (χ2n) is 8.96. The summed E-state index contributed by atoms with van der Waals surface area (Å²) in [6.45, 7) is 4.20. The van der Waals surface area contributed by atoms with Gasteiger partial charge in [0.05, 0.1) is 35.8 Å². The molecule has 0 saturated carbocycles. The summed E-state index contributed by atoms with van der Waals surface area (Å²) < 4.78 is 38.8. The van der Waals surface area contributed by atoms with E-state index < -0.39 is 27.4 Å². The Balaban J connectivity index is 1.53. The highest BCUT2D eigenvalue weighted by Crippen LogP contribution is 2.29. The predicted molar refractivity (Wildman–Crippen MR) is 147 cm³/mol. The number of methoxy groups -OCH3 is 1. The zero-order valence-corrected chi connectivity index (χ0v) is 22.5. The Morgan fingerprint density at radius 1 is 1.08 bits per heavy atom. The normalized spacial score (nSPS) is 13.5. The van der Waals surface area contributed by atoms with E-state index in [4.69, 9.17) is 9.47 Å². The van der Waals surface area contributed by atoms with Gasteiger partial charge in [0.15, 0.2) is 0 Å². The zero-order valence-electron chi connectivity index (χ0n) is 21.7. The van der Waals surface area contributed by atoms with Crippen molar-refractivity contribution >= 4 is 33.0 Å². The maximum atomic E-state index is 13.6. The SMILES string of the molecule is COc1ccc(N(CC(=O)NCc2ccc(N3CCOCC3)cc2)S(=O)(=O)c2ccc(C)c([N+](=O)[O-])c2)cc1. The van der Waals surface area contributed by atoms with Gasteiger partial charge in [-0.1, -0.05) is 18.2 Å². The lowest BCUT2D eigenvalue weighted by Gasteiger charge is -2.29. The monoisotopic (exact) mass is 554 g/mol. The predicted octanol–water partition coefficient (Wildman–Crippen LogP) is 3.26. The lowest BCUT2D eigenvalue weighted by atomic mass is 10.2. The van der Waals surface area contributed by atoms with Crippen LogP contribution in [0.5, 0.6) is 5.75 Å². The third-order valence-electron chi connectivity index (χ3n) is 6.42. The number of hydrogen-bond acceptors (Lipinski definition) is 8. The largest absolute Gasteiger partial charge is 0.497 e. The standard InChI is InChI=1S/C27H30N4O7S/c1-20-3-12-25(17-26(20)31(33)34)39(35,36)30(23-8-10-24(37-2)11-9-23)19-27(32)28-18-21-4-6-22(7-5-21)29-13-15-38-16-14-29/h3-12,17H,13-16,18-19H2,1-2H3,(H,28,32). The van der Waals surface area contributed by atoms with E-state index in [9.17, 15) is 23.3 Å². The molecule has 0 atom stereocenters.